The number of nitrogens with one attached hydrogen (secondary N) is 2. The molecule has 2 N–H and O–H groups in total. The van der Waals surface area contributed by atoms with Crippen LogP contribution in [0, 0.1) is 5.82 Å². The minimum absolute atomic E-state index is 0.222. The Labute approximate surface area is 140 Å². The number of nitrogens with zero attached hydrogens (tertiary/aromatic N) is 2. The van der Waals surface area contributed by atoms with Gasteiger partial charge in [-0.25, -0.2) is 4.39 Å². The third kappa shape index (κ3) is 3.68. The second-order valence-electron chi connectivity index (χ2n) is 5.36. The van der Waals surface area contributed by atoms with E-state index >= 15 is 0 Å². The Morgan fingerprint density at radius 2 is 1.67 bits per heavy atom. The predicted octanol–water partition coefficient (Wildman–Crippen LogP) is 3.24. The van der Waals surface area contributed by atoms with Crippen molar-refractivity contribution in [2.24, 2.45) is 4.99 Å². The molecule has 4 nitrogen and oxygen atoms in total. The van der Waals surface area contributed by atoms with Crippen LogP contribution in [0.3, 0.4) is 0 Å². The van der Waals surface area contributed by atoms with Gasteiger partial charge in [-0.3, -0.25) is 9.98 Å². The first kappa shape index (κ1) is 15.9. The van der Waals surface area contributed by atoms with Crippen molar-refractivity contribution in [3.63, 3.8) is 0 Å². The molecule has 0 spiro atoms. The van der Waals surface area contributed by atoms with Crippen molar-refractivity contribution < 1.29 is 4.39 Å². The lowest BCUT2D eigenvalue weighted by Crippen LogP contribution is -2.36. The Morgan fingerprint density at radius 3 is 2.46 bits per heavy atom. The maximum atomic E-state index is 13.7. The number of aliphatic imine (C=N–C) groups is 1. The van der Waals surface area contributed by atoms with Gasteiger partial charge in [-0.05, 0) is 23.8 Å². The number of rotatable bonds is 4. The van der Waals surface area contributed by atoms with Gasteiger partial charge in [0, 0.05) is 37.3 Å². The first-order valence-electron chi connectivity index (χ1n) is 7.78. The highest BCUT2D eigenvalue weighted by atomic mass is 19.1. The van der Waals surface area contributed by atoms with Crippen molar-refractivity contribution >= 4 is 16.9 Å². The van der Waals surface area contributed by atoms with Crippen molar-refractivity contribution in [3.05, 3.63) is 77.7 Å². The molecule has 3 aromatic rings. The highest BCUT2D eigenvalue weighted by Crippen LogP contribution is 2.15. The van der Waals surface area contributed by atoms with E-state index in [0.717, 1.165) is 16.5 Å². The molecule has 0 fully saturated rings. The predicted molar refractivity (Wildman–Crippen MR) is 95.2 cm³/mol. The third-order valence-corrected chi connectivity index (χ3v) is 3.81. The van der Waals surface area contributed by atoms with Crippen LogP contribution in [0.5, 0.6) is 0 Å². The van der Waals surface area contributed by atoms with Crippen LogP contribution in [0.25, 0.3) is 10.9 Å². The molecule has 5 heteroatoms. The number of hydrogen-bond donors (Lipinski definition) is 2. The van der Waals surface area contributed by atoms with Gasteiger partial charge >= 0.3 is 0 Å². The Bertz CT molecular complexity index is 855. The first-order chi connectivity index (χ1) is 11.8. The monoisotopic (exact) mass is 322 g/mol. The largest absolute Gasteiger partial charge is 0.352 e. The zero-order chi connectivity index (χ0) is 16.8. The second kappa shape index (κ2) is 7.55. The fourth-order valence-corrected chi connectivity index (χ4v) is 2.53. The number of benzene rings is 2. The summed E-state index contributed by atoms with van der Waals surface area (Å²) in [5.74, 6) is 0.403. The molecule has 0 saturated carbocycles. The van der Waals surface area contributed by atoms with Gasteiger partial charge in [0.25, 0.3) is 0 Å². The lowest BCUT2D eigenvalue weighted by atomic mass is 10.1. The SMILES string of the molecule is CN=C(NCc1ccccc1F)NCc1ccnc2ccccc12. The molecule has 0 aliphatic heterocycles. The van der Waals surface area contributed by atoms with E-state index < -0.39 is 0 Å². The van der Waals surface area contributed by atoms with Gasteiger partial charge < -0.3 is 10.6 Å². The molecule has 0 aliphatic carbocycles. The van der Waals surface area contributed by atoms with Gasteiger partial charge in [-0.1, -0.05) is 36.4 Å². The number of pyridine rings is 1. The quantitative estimate of drug-likeness (QED) is 0.573. The number of para-hydroxylation sites is 1. The van der Waals surface area contributed by atoms with Gasteiger partial charge in [0.1, 0.15) is 5.82 Å². The van der Waals surface area contributed by atoms with Crippen LogP contribution in [0.4, 0.5) is 4.39 Å². The van der Waals surface area contributed by atoms with Crippen LogP contribution < -0.4 is 10.6 Å². The highest BCUT2D eigenvalue weighted by Gasteiger charge is 2.05. The second-order valence-corrected chi connectivity index (χ2v) is 5.36. The number of aromatic nitrogens is 1. The van der Waals surface area contributed by atoms with E-state index in [4.69, 9.17) is 0 Å². The topological polar surface area (TPSA) is 49.3 Å². The Hall–Kier alpha value is -2.95. The molecule has 2 aromatic carbocycles. The molecular formula is C19H19FN4. The summed E-state index contributed by atoms with van der Waals surface area (Å²) in [5, 5.41) is 7.49. The van der Waals surface area contributed by atoms with Crippen LogP contribution >= 0.6 is 0 Å². The standard InChI is InChI=1S/C19H19FN4/c1-21-19(24-13-15-6-2-4-8-17(15)20)23-12-14-10-11-22-18-9-5-3-7-16(14)18/h2-11H,12-13H2,1H3,(H2,21,23,24). The molecule has 122 valence electrons. The summed E-state index contributed by atoms with van der Waals surface area (Å²) >= 11 is 0. The summed E-state index contributed by atoms with van der Waals surface area (Å²) in [6, 6.07) is 16.7. The van der Waals surface area contributed by atoms with E-state index in [0.29, 0.717) is 24.6 Å². The number of halogens is 1. The minimum Gasteiger partial charge on any atom is -0.352 e. The molecule has 0 saturated heterocycles. The third-order valence-electron chi connectivity index (χ3n) is 3.81. The van der Waals surface area contributed by atoms with Crippen molar-refractivity contribution in [2.75, 3.05) is 7.05 Å². The Balaban J connectivity index is 1.65. The molecule has 0 unspecified atom stereocenters. The van der Waals surface area contributed by atoms with Crippen molar-refractivity contribution in [1.82, 2.24) is 15.6 Å². The maximum absolute atomic E-state index is 13.7. The first-order valence-corrected chi connectivity index (χ1v) is 7.78. The average Bonchev–Trinajstić information content (AvgIpc) is 2.63. The van der Waals surface area contributed by atoms with Gasteiger partial charge in [0.05, 0.1) is 5.52 Å². The van der Waals surface area contributed by atoms with Crippen LogP contribution in [0.15, 0.2) is 65.8 Å². The van der Waals surface area contributed by atoms with Gasteiger partial charge in [-0.15, -0.1) is 0 Å². The van der Waals surface area contributed by atoms with Crippen molar-refractivity contribution in [3.8, 4) is 0 Å². The molecular weight excluding hydrogens is 303 g/mol. The lowest BCUT2D eigenvalue weighted by molar-refractivity contribution is 0.604. The molecule has 0 bridgehead atoms. The Morgan fingerprint density at radius 1 is 0.958 bits per heavy atom. The summed E-state index contributed by atoms with van der Waals surface area (Å²) in [7, 11) is 1.70. The summed E-state index contributed by atoms with van der Waals surface area (Å²) in [6.45, 7) is 0.990. The molecule has 3 rings (SSSR count). The van der Waals surface area contributed by atoms with Crippen molar-refractivity contribution in [2.45, 2.75) is 13.1 Å². The minimum atomic E-state index is -0.222. The van der Waals surface area contributed by atoms with E-state index in [-0.39, 0.29) is 5.82 Å². The number of guanidine groups is 1. The lowest BCUT2D eigenvalue weighted by Gasteiger charge is -2.13. The van der Waals surface area contributed by atoms with Crippen LogP contribution in [-0.4, -0.2) is 18.0 Å². The highest BCUT2D eigenvalue weighted by molar-refractivity contribution is 5.83. The average molecular weight is 322 g/mol. The molecule has 1 heterocycles. The number of hydrogen-bond acceptors (Lipinski definition) is 2. The number of fused-ring (bicyclic) bond motifs is 1. The van der Waals surface area contributed by atoms with Gasteiger partial charge in [0.2, 0.25) is 0 Å². The molecule has 0 aliphatic rings. The molecule has 0 radical (unpaired) electrons. The van der Waals surface area contributed by atoms with E-state index in [9.17, 15) is 4.39 Å². The Kier molecular flexibility index (Phi) is 5.01. The molecule has 0 amide bonds. The summed E-state index contributed by atoms with van der Waals surface area (Å²) in [4.78, 5) is 8.54. The van der Waals surface area contributed by atoms with E-state index in [1.165, 1.54) is 6.07 Å². The zero-order valence-corrected chi connectivity index (χ0v) is 13.5. The fourth-order valence-electron chi connectivity index (χ4n) is 2.53. The fraction of sp³-hybridized carbons (Fsp3) is 0.158. The summed E-state index contributed by atoms with van der Waals surface area (Å²) in [6.07, 6.45) is 1.80. The normalized spacial score (nSPS) is 11.5. The summed E-state index contributed by atoms with van der Waals surface area (Å²) in [5.41, 5.74) is 2.70. The van der Waals surface area contributed by atoms with Crippen molar-refractivity contribution in [1.29, 1.82) is 0 Å². The molecule has 24 heavy (non-hydrogen) atoms. The molecule has 1 aromatic heterocycles. The van der Waals surface area contributed by atoms with E-state index in [1.807, 2.05) is 30.3 Å². The van der Waals surface area contributed by atoms with E-state index in [1.54, 1.807) is 25.4 Å². The van der Waals surface area contributed by atoms with Gasteiger partial charge in [0.15, 0.2) is 5.96 Å². The molecule has 0 atom stereocenters. The zero-order valence-electron chi connectivity index (χ0n) is 13.5. The van der Waals surface area contributed by atoms with Gasteiger partial charge in [-0.2, -0.15) is 0 Å². The van der Waals surface area contributed by atoms with E-state index in [2.05, 4.69) is 26.7 Å². The maximum Gasteiger partial charge on any atom is 0.191 e. The van der Waals surface area contributed by atoms with Crippen LogP contribution in [0.1, 0.15) is 11.1 Å². The smallest absolute Gasteiger partial charge is 0.191 e. The van der Waals surface area contributed by atoms with Crippen LogP contribution in [0.2, 0.25) is 0 Å². The van der Waals surface area contributed by atoms with Crippen LogP contribution in [-0.2, 0) is 13.1 Å². The summed E-state index contributed by atoms with van der Waals surface area (Å²) < 4.78 is 13.7.